The van der Waals surface area contributed by atoms with Crippen LogP contribution in [-0.4, -0.2) is 19.5 Å². The van der Waals surface area contributed by atoms with Gasteiger partial charge in [-0.25, -0.2) is 8.42 Å². The van der Waals surface area contributed by atoms with Crippen LogP contribution in [0.1, 0.15) is 19.8 Å². The molecule has 0 heterocycles. The predicted octanol–water partition coefficient (Wildman–Crippen LogP) is 2.48. The Kier molecular flexibility index (Phi) is 3.27. The van der Waals surface area contributed by atoms with Gasteiger partial charge in [-0.05, 0) is 24.6 Å². The molecule has 1 aliphatic rings. The van der Waals surface area contributed by atoms with Crippen molar-refractivity contribution in [1.82, 2.24) is 0 Å². The number of rotatable bonds is 2. The zero-order valence-electron chi connectivity index (χ0n) is 9.39. The quantitative estimate of drug-likeness (QED) is 0.831. The molecule has 17 heavy (non-hydrogen) atoms. The average Bonchev–Trinajstić information content (AvgIpc) is 2.60. The molecule has 1 aliphatic carbocycles. The molecule has 1 saturated carbocycles. The lowest BCUT2D eigenvalue weighted by Gasteiger charge is -2.15. The molecular formula is C12H13ClO3S. The van der Waals surface area contributed by atoms with Gasteiger partial charge in [0.1, 0.15) is 5.78 Å². The fourth-order valence-corrected chi connectivity index (χ4v) is 4.49. The highest BCUT2D eigenvalue weighted by Gasteiger charge is 2.40. The SMILES string of the molecule is CC1C(=O)CCC1S(=O)(=O)c1cccc(Cl)c1. The van der Waals surface area contributed by atoms with Gasteiger partial charge in [0.25, 0.3) is 0 Å². The molecule has 0 spiro atoms. The first kappa shape index (κ1) is 12.6. The molecule has 2 atom stereocenters. The van der Waals surface area contributed by atoms with Gasteiger partial charge >= 0.3 is 0 Å². The van der Waals surface area contributed by atoms with Gasteiger partial charge in [0.2, 0.25) is 0 Å². The summed E-state index contributed by atoms with van der Waals surface area (Å²) >= 11 is 5.79. The number of carbonyl (C=O) groups excluding carboxylic acids is 1. The van der Waals surface area contributed by atoms with Crippen molar-refractivity contribution in [3.05, 3.63) is 29.3 Å². The summed E-state index contributed by atoms with van der Waals surface area (Å²) in [7, 11) is -3.45. The monoisotopic (exact) mass is 272 g/mol. The molecule has 2 rings (SSSR count). The third kappa shape index (κ3) is 2.24. The normalized spacial score (nSPS) is 25.2. The minimum Gasteiger partial charge on any atom is -0.299 e. The van der Waals surface area contributed by atoms with E-state index in [1.165, 1.54) is 12.1 Å². The Labute approximate surface area is 106 Å². The van der Waals surface area contributed by atoms with E-state index in [1.54, 1.807) is 19.1 Å². The summed E-state index contributed by atoms with van der Waals surface area (Å²) in [6, 6.07) is 6.20. The van der Waals surface area contributed by atoms with Gasteiger partial charge in [-0.15, -0.1) is 0 Å². The van der Waals surface area contributed by atoms with E-state index in [0.717, 1.165) is 0 Å². The standard InChI is InChI=1S/C12H13ClO3S/c1-8-11(14)5-6-12(8)17(15,16)10-4-2-3-9(13)7-10/h2-4,7-8,12H,5-6H2,1H3. The largest absolute Gasteiger partial charge is 0.299 e. The second-order valence-electron chi connectivity index (χ2n) is 4.33. The highest BCUT2D eigenvalue weighted by atomic mass is 35.5. The molecule has 0 aromatic heterocycles. The Morgan fingerprint density at radius 1 is 1.35 bits per heavy atom. The van der Waals surface area contributed by atoms with E-state index in [4.69, 9.17) is 11.6 Å². The lowest BCUT2D eigenvalue weighted by molar-refractivity contribution is -0.120. The second kappa shape index (κ2) is 4.42. The zero-order valence-corrected chi connectivity index (χ0v) is 11.0. The predicted molar refractivity (Wildman–Crippen MR) is 65.8 cm³/mol. The van der Waals surface area contributed by atoms with Crippen LogP contribution in [0.3, 0.4) is 0 Å². The van der Waals surface area contributed by atoms with Crippen LogP contribution in [0.25, 0.3) is 0 Å². The Balaban J connectivity index is 2.41. The molecule has 1 aromatic rings. The molecular weight excluding hydrogens is 260 g/mol. The van der Waals surface area contributed by atoms with Crippen LogP contribution in [0.5, 0.6) is 0 Å². The van der Waals surface area contributed by atoms with Gasteiger partial charge in [0, 0.05) is 17.4 Å². The van der Waals surface area contributed by atoms with Crippen LogP contribution in [0.2, 0.25) is 5.02 Å². The lowest BCUT2D eigenvalue weighted by atomic mass is 10.1. The van der Waals surface area contributed by atoms with Crippen molar-refractivity contribution in [3.63, 3.8) is 0 Å². The summed E-state index contributed by atoms with van der Waals surface area (Å²) in [6.07, 6.45) is 0.764. The lowest BCUT2D eigenvalue weighted by Crippen LogP contribution is -2.26. The highest BCUT2D eigenvalue weighted by Crippen LogP contribution is 2.32. The van der Waals surface area contributed by atoms with Crippen LogP contribution in [0.15, 0.2) is 29.2 Å². The smallest absolute Gasteiger partial charge is 0.181 e. The number of benzene rings is 1. The third-order valence-corrected chi connectivity index (χ3v) is 5.85. The van der Waals surface area contributed by atoms with E-state index in [0.29, 0.717) is 17.9 Å². The Morgan fingerprint density at radius 3 is 2.59 bits per heavy atom. The van der Waals surface area contributed by atoms with Crippen molar-refractivity contribution in [3.8, 4) is 0 Å². The minimum atomic E-state index is -3.45. The van der Waals surface area contributed by atoms with Crippen molar-refractivity contribution in [1.29, 1.82) is 0 Å². The first-order valence-electron chi connectivity index (χ1n) is 5.45. The van der Waals surface area contributed by atoms with E-state index >= 15 is 0 Å². The van der Waals surface area contributed by atoms with E-state index < -0.39 is 21.0 Å². The molecule has 92 valence electrons. The summed E-state index contributed by atoms with van der Waals surface area (Å²) in [6.45, 7) is 1.68. The first-order chi connectivity index (χ1) is 7.93. The summed E-state index contributed by atoms with van der Waals surface area (Å²) in [5.41, 5.74) is 0. The van der Waals surface area contributed by atoms with Gasteiger partial charge in [0.05, 0.1) is 10.1 Å². The number of Topliss-reactive ketones (excluding diaryl/α,β-unsaturated/α-hetero) is 1. The Bertz CT molecular complexity index is 551. The van der Waals surface area contributed by atoms with Gasteiger partial charge in [0.15, 0.2) is 9.84 Å². The number of hydrogen-bond acceptors (Lipinski definition) is 3. The van der Waals surface area contributed by atoms with E-state index in [2.05, 4.69) is 0 Å². The summed E-state index contributed by atoms with van der Waals surface area (Å²) in [5.74, 6) is -0.389. The van der Waals surface area contributed by atoms with Crippen molar-refractivity contribution in [2.45, 2.75) is 29.9 Å². The van der Waals surface area contributed by atoms with Crippen LogP contribution in [-0.2, 0) is 14.6 Å². The van der Waals surface area contributed by atoms with Gasteiger partial charge in [-0.3, -0.25) is 4.79 Å². The molecule has 3 nitrogen and oxygen atoms in total. The van der Waals surface area contributed by atoms with Crippen LogP contribution in [0.4, 0.5) is 0 Å². The molecule has 0 saturated heterocycles. The second-order valence-corrected chi connectivity index (χ2v) is 6.94. The van der Waals surface area contributed by atoms with E-state index in [1.807, 2.05) is 0 Å². The maximum atomic E-state index is 12.3. The summed E-state index contributed by atoms with van der Waals surface area (Å²) in [5, 5.41) is -0.212. The number of ketones is 1. The van der Waals surface area contributed by atoms with Crippen LogP contribution >= 0.6 is 11.6 Å². The first-order valence-corrected chi connectivity index (χ1v) is 7.37. The van der Waals surface area contributed by atoms with Crippen molar-refractivity contribution in [2.75, 3.05) is 0 Å². The Hall–Kier alpha value is -0.870. The van der Waals surface area contributed by atoms with E-state index in [9.17, 15) is 13.2 Å². The molecule has 2 unspecified atom stereocenters. The summed E-state index contributed by atoms with van der Waals surface area (Å²) in [4.78, 5) is 11.6. The zero-order chi connectivity index (χ0) is 12.6. The number of carbonyl (C=O) groups is 1. The molecule has 0 aliphatic heterocycles. The van der Waals surface area contributed by atoms with Crippen molar-refractivity contribution < 1.29 is 13.2 Å². The topological polar surface area (TPSA) is 51.2 Å². The number of hydrogen-bond donors (Lipinski definition) is 0. The number of halogens is 1. The van der Waals surface area contributed by atoms with Crippen LogP contribution < -0.4 is 0 Å². The molecule has 5 heteroatoms. The minimum absolute atomic E-state index is 0.0283. The third-order valence-electron chi connectivity index (χ3n) is 3.26. The van der Waals surface area contributed by atoms with Gasteiger partial charge in [-0.2, -0.15) is 0 Å². The Morgan fingerprint density at radius 2 is 2.06 bits per heavy atom. The number of sulfone groups is 1. The van der Waals surface area contributed by atoms with Crippen molar-refractivity contribution >= 4 is 27.2 Å². The molecule has 0 amide bonds. The van der Waals surface area contributed by atoms with Crippen LogP contribution in [0, 0.1) is 5.92 Å². The van der Waals surface area contributed by atoms with E-state index in [-0.39, 0.29) is 10.7 Å². The summed E-state index contributed by atoms with van der Waals surface area (Å²) < 4.78 is 24.7. The molecule has 0 N–H and O–H groups in total. The van der Waals surface area contributed by atoms with Gasteiger partial charge < -0.3 is 0 Å². The van der Waals surface area contributed by atoms with Gasteiger partial charge in [-0.1, -0.05) is 24.6 Å². The van der Waals surface area contributed by atoms with Crippen molar-refractivity contribution in [2.24, 2.45) is 5.92 Å². The highest BCUT2D eigenvalue weighted by molar-refractivity contribution is 7.92. The molecule has 0 bridgehead atoms. The molecule has 1 aromatic carbocycles. The maximum Gasteiger partial charge on any atom is 0.181 e. The average molecular weight is 273 g/mol. The fraction of sp³-hybridized carbons (Fsp3) is 0.417. The molecule has 0 radical (unpaired) electrons. The fourth-order valence-electron chi connectivity index (χ4n) is 2.21. The molecule has 1 fully saturated rings. The maximum absolute atomic E-state index is 12.3.